The van der Waals surface area contributed by atoms with E-state index < -0.39 is 0 Å². The molecule has 150 valence electrons. The Morgan fingerprint density at radius 2 is 1.93 bits per heavy atom. The Bertz CT molecular complexity index is 602. The van der Waals surface area contributed by atoms with Gasteiger partial charge < -0.3 is 10.2 Å². The first kappa shape index (κ1) is 20.9. The molecule has 2 aliphatic heterocycles. The highest BCUT2D eigenvalue weighted by Crippen LogP contribution is 2.33. The molecule has 2 unspecified atom stereocenters. The lowest BCUT2D eigenvalue weighted by Gasteiger charge is -2.48. The molecule has 3 fully saturated rings. The van der Waals surface area contributed by atoms with E-state index in [-0.39, 0.29) is 24.0 Å². The van der Waals surface area contributed by atoms with Crippen molar-refractivity contribution in [2.75, 3.05) is 33.2 Å². The fourth-order valence-electron chi connectivity index (χ4n) is 4.84. The summed E-state index contributed by atoms with van der Waals surface area (Å²) < 4.78 is 0. The fourth-order valence-corrected chi connectivity index (χ4v) is 4.84. The Labute approximate surface area is 181 Å². The largest absolute Gasteiger partial charge is 0.356 e. The van der Waals surface area contributed by atoms with Crippen LogP contribution in [0.5, 0.6) is 0 Å². The molecule has 5 heteroatoms. The molecule has 0 bridgehead atoms. The summed E-state index contributed by atoms with van der Waals surface area (Å²) in [5.41, 5.74) is 1.45. The van der Waals surface area contributed by atoms with Gasteiger partial charge in [-0.3, -0.25) is 9.89 Å². The van der Waals surface area contributed by atoms with E-state index in [4.69, 9.17) is 0 Å². The number of benzene rings is 1. The molecule has 0 amide bonds. The number of halogens is 1. The molecule has 1 aromatic rings. The maximum atomic E-state index is 4.57. The number of nitrogens with zero attached hydrogens (tertiary/aromatic N) is 3. The molecule has 4 rings (SSSR count). The first-order valence-electron chi connectivity index (χ1n) is 10.6. The van der Waals surface area contributed by atoms with Crippen LogP contribution in [0.3, 0.4) is 0 Å². The van der Waals surface area contributed by atoms with Crippen molar-refractivity contribution in [3.63, 3.8) is 0 Å². The Balaban J connectivity index is 0.00000210. The Morgan fingerprint density at radius 1 is 1.11 bits per heavy atom. The maximum absolute atomic E-state index is 4.57. The molecular weight excluding hydrogens is 447 g/mol. The second-order valence-electron chi connectivity index (χ2n) is 8.37. The first-order chi connectivity index (χ1) is 12.8. The number of hydrogen-bond donors (Lipinski definition) is 1. The van der Waals surface area contributed by atoms with Crippen LogP contribution in [-0.2, 0) is 6.54 Å². The minimum absolute atomic E-state index is 0. The SMILES string of the molecule is CN=C(NCCC1CC1)N1CCC2C(CCCN2Cc2ccccc2)C1.I. The molecule has 27 heavy (non-hydrogen) atoms. The lowest BCUT2D eigenvalue weighted by molar-refractivity contribution is 0.0372. The number of likely N-dealkylation sites (tertiary alicyclic amines) is 2. The van der Waals surface area contributed by atoms with Crippen LogP contribution in [0.1, 0.15) is 44.1 Å². The molecular formula is C22H35IN4. The third-order valence-electron chi connectivity index (χ3n) is 6.46. The van der Waals surface area contributed by atoms with Crippen molar-refractivity contribution < 1.29 is 0 Å². The monoisotopic (exact) mass is 482 g/mol. The van der Waals surface area contributed by atoms with Gasteiger partial charge in [-0.25, -0.2) is 0 Å². The quantitative estimate of drug-likeness (QED) is 0.392. The van der Waals surface area contributed by atoms with E-state index in [1.807, 2.05) is 7.05 Å². The lowest BCUT2D eigenvalue weighted by Crippen LogP contribution is -2.56. The van der Waals surface area contributed by atoms with Crippen molar-refractivity contribution in [1.29, 1.82) is 0 Å². The van der Waals surface area contributed by atoms with E-state index in [0.717, 1.165) is 43.5 Å². The third kappa shape index (κ3) is 5.59. The molecule has 2 saturated heterocycles. The van der Waals surface area contributed by atoms with Crippen molar-refractivity contribution in [3.05, 3.63) is 35.9 Å². The highest BCUT2D eigenvalue weighted by Gasteiger charge is 2.36. The van der Waals surface area contributed by atoms with Gasteiger partial charge >= 0.3 is 0 Å². The number of nitrogens with one attached hydrogen (secondary N) is 1. The van der Waals surface area contributed by atoms with E-state index in [1.165, 1.54) is 57.2 Å². The van der Waals surface area contributed by atoms with Gasteiger partial charge in [0.25, 0.3) is 0 Å². The van der Waals surface area contributed by atoms with Crippen LogP contribution in [0.15, 0.2) is 35.3 Å². The van der Waals surface area contributed by atoms with Gasteiger partial charge in [0.05, 0.1) is 0 Å². The predicted octanol–water partition coefficient (Wildman–Crippen LogP) is 3.97. The summed E-state index contributed by atoms with van der Waals surface area (Å²) in [6.07, 6.45) is 8.14. The minimum Gasteiger partial charge on any atom is -0.356 e. The van der Waals surface area contributed by atoms with Gasteiger partial charge in [-0.05, 0) is 49.6 Å². The van der Waals surface area contributed by atoms with Crippen molar-refractivity contribution in [2.24, 2.45) is 16.8 Å². The van der Waals surface area contributed by atoms with Crippen molar-refractivity contribution in [1.82, 2.24) is 15.1 Å². The van der Waals surface area contributed by atoms with Crippen LogP contribution in [0.2, 0.25) is 0 Å². The minimum atomic E-state index is 0. The predicted molar refractivity (Wildman–Crippen MR) is 124 cm³/mol. The van der Waals surface area contributed by atoms with Crippen molar-refractivity contribution >= 4 is 29.9 Å². The lowest BCUT2D eigenvalue weighted by atomic mass is 9.83. The van der Waals surface area contributed by atoms with Gasteiger partial charge in [-0.15, -0.1) is 24.0 Å². The zero-order chi connectivity index (χ0) is 17.8. The van der Waals surface area contributed by atoms with E-state index >= 15 is 0 Å². The van der Waals surface area contributed by atoms with Gasteiger partial charge in [0.2, 0.25) is 0 Å². The second kappa shape index (κ2) is 10.1. The molecule has 4 nitrogen and oxygen atoms in total. The normalized spacial score (nSPS) is 26.3. The molecule has 1 aliphatic carbocycles. The van der Waals surface area contributed by atoms with Crippen LogP contribution < -0.4 is 5.32 Å². The van der Waals surface area contributed by atoms with Gasteiger partial charge in [0.15, 0.2) is 5.96 Å². The summed E-state index contributed by atoms with van der Waals surface area (Å²) in [6.45, 7) is 5.75. The topological polar surface area (TPSA) is 30.9 Å². The standard InChI is InChI=1S/C22H34N4.HI/c1-23-22(24-13-11-18-9-10-18)26-15-12-21-20(17-26)8-5-14-25(21)16-19-6-3-2-4-7-19;/h2-4,6-7,18,20-21H,5,8-17H2,1H3,(H,23,24);1H. The molecule has 1 N–H and O–H groups in total. The number of guanidine groups is 1. The van der Waals surface area contributed by atoms with E-state index in [0.29, 0.717) is 0 Å². The highest BCUT2D eigenvalue weighted by atomic mass is 127. The summed E-state index contributed by atoms with van der Waals surface area (Å²) in [4.78, 5) is 9.83. The summed E-state index contributed by atoms with van der Waals surface area (Å²) >= 11 is 0. The maximum Gasteiger partial charge on any atom is 0.193 e. The van der Waals surface area contributed by atoms with Crippen molar-refractivity contribution in [3.8, 4) is 0 Å². The number of rotatable bonds is 5. The summed E-state index contributed by atoms with van der Waals surface area (Å²) in [5, 5.41) is 3.62. The third-order valence-corrected chi connectivity index (χ3v) is 6.46. The summed E-state index contributed by atoms with van der Waals surface area (Å²) in [6, 6.07) is 11.7. The molecule has 2 heterocycles. The number of aliphatic imine (C=N–C) groups is 1. The fraction of sp³-hybridized carbons (Fsp3) is 0.682. The van der Waals surface area contributed by atoms with Gasteiger partial charge in [0.1, 0.15) is 0 Å². The highest BCUT2D eigenvalue weighted by molar-refractivity contribution is 14.0. The molecule has 3 aliphatic rings. The molecule has 0 radical (unpaired) electrons. The van der Waals surface area contributed by atoms with E-state index in [9.17, 15) is 0 Å². The zero-order valence-corrected chi connectivity index (χ0v) is 19.0. The average Bonchev–Trinajstić information content (AvgIpc) is 3.50. The van der Waals surface area contributed by atoms with Crippen LogP contribution in [0.4, 0.5) is 0 Å². The molecule has 1 aromatic carbocycles. The Morgan fingerprint density at radius 3 is 2.67 bits per heavy atom. The van der Waals surface area contributed by atoms with E-state index in [1.54, 1.807) is 0 Å². The Kier molecular flexibility index (Phi) is 7.82. The van der Waals surface area contributed by atoms with Crippen LogP contribution in [-0.4, -0.2) is 55.0 Å². The molecule has 0 aromatic heterocycles. The van der Waals surface area contributed by atoms with Crippen LogP contribution in [0.25, 0.3) is 0 Å². The summed E-state index contributed by atoms with van der Waals surface area (Å²) in [7, 11) is 1.94. The number of piperidine rings is 2. The van der Waals surface area contributed by atoms with Gasteiger partial charge in [-0.1, -0.05) is 43.2 Å². The second-order valence-corrected chi connectivity index (χ2v) is 8.37. The average molecular weight is 482 g/mol. The molecule has 2 atom stereocenters. The number of fused-ring (bicyclic) bond motifs is 1. The number of hydrogen-bond acceptors (Lipinski definition) is 2. The van der Waals surface area contributed by atoms with Crippen LogP contribution >= 0.6 is 24.0 Å². The zero-order valence-electron chi connectivity index (χ0n) is 16.6. The Hall–Kier alpha value is -0.820. The first-order valence-corrected chi connectivity index (χ1v) is 10.6. The molecule has 0 spiro atoms. The van der Waals surface area contributed by atoms with Crippen molar-refractivity contribution in [2.45, 2.75) is 51.1 Å². The van der Waals surface area contributed by atoms with Gasteiger partial charge in [0, 0.05) is 39.3 Å². The van der Waals surface area contributed by atoms with Crippen LogP contribution in [0, 0.1) is 11.8 Å². The summed E-state index contributed by atoms with van der Waals surface area (Å²) in [5.74, 6) is 2.89. The van der Waals surface area contributed by atoms with Gasteiger partial charge in [-0.2, -0.15) is 0 Å². The smallest absolute Gasteiger partial charge is 0.193 e. The van der Waals surface area contributed by atoms with E-state index in [2.05, 4.69) is 50.4 Å². The molecule has 1 saturated carbocycles.